The molecular weight excluding hydrogens is 236 g/mol. The second-order valence-electron chi connectivity index (χ2n) is 2.71. The highest BCUT2D eigenvalue weighted by Crippen LogP contribution is 2.35. The van der Waals surface area contributed by atoms with Gasteiger partial charge in [0.05, 0.1) is 18.2 Å². The summed E-state index contributed by atoms with van der Waals surface area (Å²) in [7, 11) is 1.64. The second kappa shape index (κ2) is 3.55. The van der Waals surface area contributed by atoms with Crippen molar-refractivity contribution in [3.05, 3.63) is 22.2 Å². The molecule has 13 heavy (non-hydrogen) atoms. The highest BCUT2D eigenvalue weighted by molar-refractivity contribution is 9.10. The van der Waals surface area contributed by atoms with Crippen LogP contribution in [0.1, 0.15) is 5.56 Å². The van der Waals surface area contributed by atoms with Crippen LogP contribution in [0.25, 0.3) is 0 Å². The van der Waals surface area contributed by atoms with E-state index in [9.17, 15) is 0 Å². The van der Waals surface area contributed by atoms with Crippen molar-refractivity contribution < 1.29 is 14.2 Å². The van der Waals surface area contributed by atoms with Gasteiger partial charge in [-0.25, -0.2) is 0 Å². The number of methoxy groups -OCH3 is 1. The van der Waals surface area contributed by atoms with Crippen LogP contribution in [0.5, 0.6) is 11.5 Å². The molecule has 0 fully saturated rings. The molecule has 0 unspecified atom stereocenters. The molecule has 0 bridgehead atoms. The van der Waals surface area contributed by atoms with E-state index in [1.807, 2.05) is 12.1 Å². The molecule has 0 aliphatic carbocycles. The second-order valence-corrected chi connectivity index (χ2v) is 3.56. The Morgan fingerprint density at radius 2 is 2.31 bits per heavy atom. The van der Waals surface area contributed by atoms with Gasteiger partial charge in [-0.2, -0.15) is 0 Å². The molecule has 0 radical (unpaired) electrons. The third kappa shape index (κ3) is 1.64. The van der Waals surface area contributed by atoms with Crippen LogP contribution in [-0.2, 0) is 11.3 Å². The average Bonchev–Trinajstić information content (AvgIpc) is 2.18. The fourth-order valence-electron chi connectivity index (χ4n) is 1.26. The van der Waals surface area contributed by atoms with Crippen LogP contribution in [0, 0.1) is 0 Å². The minimum absolute atomic E-state index is 0.317. The summed E-state index contributed by atoms with van der Waals surface area (Å²) in [5, 5.41) is 0. The lowest BCUT2D eigenvalue weighted by Crippen LogP contribution is -2.11. The van der Waals surface area contributed by atoms with Crippen molar-refractivity contribution in [1.82, 2.24) is 0 Å². The quantitative estimate of drug-likeness (QED) is 0.759. The van der Waals surface area contributed by atoms with Gasteiger partial charge in [-0.05, 0) is 28.1 Å². The maximum Gasteiger partial charge on any atom is 0.189 e. The largest absolute Gasteiger partial charge is 0.497 e. The van der Waals surface area contributed by atoms with E-state index < -0.39 is 0 Å². The summed E-state index contributed by atoms with van der Waals surface area (Å²) in [6.07, 6.45) is 0. The maximum absolute atomic E-state index is 5.33. The SMILES string of the molecule is COc1cc(Br)c2c(c1)COCO2. The Kier molecular flexibility index (Phi) is 2.42. The van der Waals surface area contributed by atoms with E-state index in [1.54, 1.807) is 7.11 Å². The normalized spacial score (nSPS) is 14.6. The van der Waals surface area contributed by atoms with Crippen molar-refractivity contribution in [2.45, 2.75) is 6.61 Å². The molecule has 1 heterocycles. The smallest absolute Gasteiger partial charge is 0.189 e. The first-order chi connectivity index (χ1) is 6.31. The van der Waals surface area contributed by atoms with Crippen LogP contribution < -0.4 is 9.47 Å². The summed E-state index contributed by atoms with van der Waals surface area (Å²) in [6, 6.07) is 3.80. The molecule has 70 valence electrons. The summed E-state index contributed by atoms with van der Waals surface area (Å²) in [5.74, 6) is 1.66. The van der Waals surface area contributed by atoms with Crippen molar-refractivity contribution in [1.29, 1.82) is 0 Å². The molecule has 1 aliphatic rings. The van der Waals surface area contributed by atoms with E-state index in [2.05, 4.69) is 15.9 Å². The molecule has 0 saturated carbocycles. The van der Waals surface area contributed by atoms with Gasteiger partial charge in [-0.15, -0.1) is 0 Å². The highest BCUT2D eigenvalue weighted by Gasteiger charge is 2.15. The Morgan fingerprint density at radius 1 is 1.46 bits per heavy atom. The Bertz CT molecular complexity index is 325. The van der Waals surface area contributed by atoms with Crippen LogP contribution in [0.4, 0.5) is 0 Å². The van der Waals surface area contributed by atoms with Crippen molar-refractivity contribution in [3.8, 4) is 11.5 Å². The predicted molar refractivity (Wildman–Crippen MR) is 51.0 cm³/mol. The van der Waals surface area contributed by atoms with E-state index in [0.29, 0.717) is 13.4 Å². The topological polar surface area (TPSA) is 27.7 Å². The number of rotatable bonds is 1. The van der Waals surface area contributed by atoms with Crippen molar-refractivity contribution in [2.75, 3.05) is 13.9 Å². The molecule has 1 aromatic carbocycles. The molecule has 3 nitrogen and oxygen atoms in total. The summed E-state index contributed by atoms with van der Waals surface area (Å²) < 4.78 is 16.5. The monoisotopic (exact) mass is 244 g/mol. The minimum atomic E-state index is 0.317. The third-order valence-electron chi connectivity index (χ3n) is 1.87. The lowest BCUT2D eigenvalue weighted by Gasteiger charge is -2.19. The fourth-order valence-corrected chi connectivity index (χ4v) is 1.86. The Balaban J connectivity index is 2.47. The zero-order chi connectivity index (χ0) is 9.26. The van der Waals surface area contributed by atoms with Crippen LogP contribution in [0.2, 0.25) is 0 Å². The highest BCUT2D eigenvalue weighted by atomic mass is 79.9. The first-order valence-corrected chi connectivity index (χ1v) is 4.67. The summed E-state index contributed by atoms with van der Waals surface area (Å²) in [6.45, 7) is 0.892. The van der Waals surface area contributed by atoms with Gasteiger partial charge < -0.3 is 14.2 Å². The molecule has 0 atom stereocenters. The van der Waals surface area contributed by atoms with E-state index in [-0.39, 0.29) is 0 Å². The molecule has 2 rings (SSSR count). The molecule has 0 spiro atoms. The van der Waals surface area contributed by atoms with E-state index in [1.165, 1.54) is 0 Å². The number of ether oxygens (including phenoxy) is 3. The summed E-state index contributed by atoms with van der Waals surface area (Å²) in [4.78, 5) is 0. The van der Waals surface area contributed by atoms with E-state index >= 15 is 0 Å². The van der Waals surface area contributed by atoms with E-state index in [4.69, 9.17) is 14.2 Å². The van der Waals surface area contributed by atoms with Crippen molar-refractivity contribution in [3.63, 3.8) is 0 Å². The van der Waals surface area contributed by atoms with Gasteiger partial charge in [0, 0.05) is 5.56 Å². The van der Waals surface area contributed by atoms with E-state index in [0.717, 1.165) is 21.5 Å². The minimum Gasteiger partial charge on any atom is -0.497 e. The molecule has 1 aromatic rings. The standard InChI is InChI=1S/C9H9BrO3/c1-11-7-2-6-4-12-5-13-9(6)8(10)3-7/h2-3H,4-5H2,1H3. The van der Waals surface area contributed by atoms with Crippen LogP contribution in [0.15, 0.2) is 16.6 Å². The summed E-state index contributed by atoms with van der Waals surface area (Å²) >= 11 is 3.41. The van der Waals surface area contributed by atoms with Crippen molar-refractivity contribution >= 4 is 15.9 Å². The molecule has 0 amide bonds. The molecular formula is C9H9BrO3. The average molecular weight is 245 g/mol. The zero-order valence-corrected chi connectivity index (χ0v) is 8.76. The van der Waals surface area contributed by atoms with Crippen LogP contribution in [-0.4, -0.2) is 13.9 Å². The van der Waals surface area contributed by atoms with Gasteiger partial charge in [0.2, 0.25) is 0 Å². The van der Waals surface area contributed by atoms with Gasteiger partial charge in [-0.3, -0.25) is 0 Å². The molecule has 1 aliphatic heterocycles. The Labute approximate surface area is 84.7 Å². The predicted octanol–water partition coefficient (Wildman–Crippen LogP) is 2.32. The first kappa shape index (κ1) is 8.84. The zero-order valence-electron chi connectivity index (χ0n) is 7.17. The van der Waals surface area contributed by atoms with Gasteiger partial charge >= 0.3 is 0 Å². The fraction of sp³-hybridized carbons (Fsp3) is 0.333. The maximum atomic E-state index is 5.33. The van der Waals surface area contributed by atoms with Crippen molar-refractivity contribution in [2.24, 2.45) is 0 Å². The lowest BCUT2D eigenvalue weighted by molar-refractivity contribution is -0.0170. The molecule has 0 aromatic heterocycles. The Morgan fingerprint density at radius 3 is 3.08 bits per heavy atom. The first-order valence-electron chi connectivity index (χ1n) is 3.88. The van der Waals surface area contributed by atoms with Gasteiger partial charge in [0.15, 0.2) is 6.79 Å². The van der Waals surface area contributed by atoms with Crippen LogP contribution in [0.3, 0.4) is 0 Å². The molecule has 4 heteroatoms. The number of fused-ring (bicyclic) bond motifs is 1. The van der Waals surface area contributed by atoms with Gasteiger partial charge in [0.25, 0.3) is 0 Å². The number of halogens is 1. The Hall–Kier alpha value is -0.740. The third-order valence-corrected chi connectivity index (χ3v) is 2.46. The molecule has 0 N–H and O–H groups in total. The summed E-state index contributed by atoms with van der Waals surface area (Å²) in [5.41, 5.74) is 1.01. The van der Waals surface area contributed by atoms with Gasteiger partial charge in [-0.1, -0.05) is 0 Å². The lowest BCUT2D eigenvalue weighted by atomic mass is 10.2. The number of benzene rings is 1. The number of hydrogen-bond donors (Lipinski definition) is 0. The molecule has 0 saturated heterocycles. The number of hydrogen-bond acceptors (Lipinski definition) is 3. The van der Waals surface area contributed by atoms with Crippen LogP contribution >= 0.6 is 15.9 Å². The van der Waals surface area contributed by atoms with Gasteiger partial charge in [0.1, 0.15) is 11.5 Å².